The minimum absolute atomic E-state index is 0.0566. The maximum absolute atomic E-state index is 12.7. The van der Waals surface area contributed by atoms with Crippen molar-refractivity contribution in [2.45, 2.75) is 39.2 Å². The Morgan fingerprint density at radius 1 is 1.31 bits per heavy atom. The minimum atomic E-state index is -0.655. The Morgan fingerprint density at radius 2 is 2.14 bits per heavy atom. The van der Waals surface area contributed by atoms with Gasteiger partial charge in [0.05, 0.1) is 17.0 Å². The molecule has 0 fully saturated rings. The lowest BCUT2D eigenvalue weighted by Crippen LogP contribution is -2.25. The number of carbonyl (C=O) groups is 2. The van der Waals surface area contributed by atoms with Gasteiger partial charge in [0, 0.05) is 54.7 Å². The molecule has 182 valence electrons. The van der Waals surface area contributed by atoms with Crippen molar-refractivity contribution in [1.82, 2.24) is 20.3 Å². The maximum Gasteiger partial charge on any atom is 0.288 e. The molecule has 0 unspecified atom stereocenters. The van der Waals surface area contributed by atoms with Crippen LogP contribution in [0.2, 0.25) is 5.02 Å². The molecule has 2 amide bonds. The molecule has 1 aromatic carbocycles. The third-order valence-corrected chi connectivity index (χ3v) is 5.99. The lowest BCUT2D eigenvalue weighted by molar-refractivity contribution is -0.384. The number of fused-ring (bicyclic) bond motifs is 1. The van der Waals surface area contributed by atoms with E-state index in [0.717, 1.165) is 25.5 Å². The van der Waals surface area contributed by atoms with Gasteiger partial charge >= 0.3 is 0 Å². The Morgan fingerprint density at radius 3 is 2.89 bits per heavy atom. The number of furan rings is 1. The van der Waals surface area contributed by atoms with Crippen LogP contribution in [0.1, 0.15) is 57.1 Å². The number of carbonyl (C=O) groups excluding carboxylic acids is 2. The normalized spacial score (nSPS) is 13.9. The number of hydrazone groups is 1. The van der Waals surface area contributed by atoms with Crippen LogP contribution >= 0.6 is 11.6 Å². The van der Waals surface area contributed by atoms with Gasteiger partial charge in [0.2, 0.25) is 0 Å². The molecule has 0 saturated carbocycles. The number of halogens is 1. The summed E-state index contributed by atoms with van der Waals surface area (Å²) in [7, 11) is 0. The van der Waals surface area contributed by atoms with Crippen LogP contribution in [0, 0.1) is 17.0 Å². The number of nitrogens with zero attached hydrogens (tertiary/aromatic N) is 4. The average molecular weight is 499 g/mol. The highest BCUT2D eigenvalue weighted by atomic mass is 35.5. The molecular formula is C23H23ClN6O5. The summed E-state index contributed by atoms with van der Waals surface area (Å²) in [6.07, 6.45) is 8.01. The zero-order valence-electron chi connectivity index (χ0n) is 18.9. The molecule has 3 aromatic rings. The van der Waals surface area contributed by atoms with Crippen molar-refractivity contribution in [1.29, 1.82) is 0 Å². The first-order valence-electron chi connectivity index (χ1n) is 11.0. The number of aryl methyl sites for hydroxylation is 2. The molecule has 12 heteroatoms. The minimum Gasteiger partial charge on any atom is -0.455 e. The molecule has 0 bridgehead atoms. The van der Waals surface area contributed by atoms with Gasteiger partial charge in [-0.3, -0.25) is 19.7 Å². The summed E-state index contributed by atoms with van der Waals surface area (Å²) in [6, 6.07) is 3.78. The highest BCUT2D eigenvalue weighted by molar-refractivity contribution is 6.32. The number of hydrogen-bond donors (Lipinski definition) is 2. The third-order valence-electron chi connectivity index (χ3n) is 5.67. The summed E-state index contributed by atoms with van der Waals surface area (Å²) in [5, 5.41) is 18.2. The summed E-state index contributed by atoms with van der Waals surface area (Å²) >= 11 is 5.81. The predicted molar refractivity (Wildman–Crippen MR) is 128 cm³/mol. The van der Waals surface area contributed by atoms with Crippen molar-refractivity contribution < 1.29 is 18.9 Å². The van der Waals surface area contributed by atoms with Crippen molar-refractivity contribution in [3.63, 3.8) is 0 Å². The molecule has 11 nitrogen and oxygen atoms in total. The van der Waals surface area contributed by atoms with Crippen molar-refractivity contribution in [2.24, 2.45) is 5.10 Å². The van der Waals surface area contributed by atoms with Gasteiger partial charge in [-0.2, -0.15) is 5.10 Å². The Kier molecular flexibility index (Phi) is 7.25. The number of amides is 2. The molecule has 4 rings (SSSR count). The molecule has 0 spiro atoms. The molecule has 35 heavy (non-hydrogen) atoms. The molecule has 0 atom stereocenters. The van der Waals surface area contributed by atoms with Gasteiger partial charge in [-0.25, -0.2) is 10.4 Å². The van der Waals surface area contributed by atoms with E-state index in [2.05, 4.69) is 20.8 Å². The van der Waals surface area contributed by atoms with E-state index in [1.165, 1.54) is 12.1 Å². The highest BCUT2D eigenvalue weighted by Gasteiger charge is 2.28. The number of aromatic nitrogens is 2. The Hall–Kier alpha value is -3.99. The van der Waals surface area contributed by atoms with Crippen molar-refractivity contribution >= 4 is 34.8 Å². The molecular weight excluding hydrogens is 476 g/mol. The molecule has 2 N–H and O–H groups in total. The second-order valence-electron chi connectivity index (χ2n) is 8.04. The number of hydrogen-bond acceptors (Lipinski definition) is 7. The van der Waals surface area contributed by atoms with E-state index >= 15 is 0 Å². The van der Waals surface area contributed by atoms with E-state index in [9.17, 15) is 19.7 Å². The lowest BCUT2D eigenvalue weighted by atomic mass is 9.93. The number of imidazole rings is 1. The van der Waals surface area contributed by atoms with Gasteiger partial charge in [-0.05, 0) is 38.3 Å². The smallest absolute Gasteiger partial charge is 0.288 e. The first kappa shape index (κ1) is 24.1. The fraction of sp³-hybridized carbons (Fsp3) is 0.304. The largest absolute Gasteiger partial charge is 0.455 e. The van der Waals surface area contributed by atoms with Crippen LogP contribution in [0.15, 0.2) is 46.4 Å². The zero-order chi connectivity index (χ0) is 24.9. The molecule has 0 aliphatic heterocycles. The van der Waals surface area contributed by atoms with E-state index in [0.29, 0.717) is 42.0 Å². The van der Waals surface area contributed by atoms with Crippen LogP contribution in [-0.4, -0.2) is 38.5 Å². The van der Waals surface area contributed by atoms with Crippen LogP contribution in [-0.2, 0) is 13.0 Å². The van der Waals surface area contributed by atoms with Crippen molar-refractivity contribution in [2.75, 3.05) is 6.54 Å². The fourth-order valence-electron chi connectivity index (χ4n) is 3.94. The monoisotopic (exact) mass is 498 g/mol. The van der Waals surface area contributed by atoms with Gasteiger partial charge in [-0.15, -0.1) is 0 Å². The summed E-state index contributed by atoms with van der Waals surface area (Å²) in [4.78, 5) is 39.7. The SMILES string of the molecule is Cc1c(C(=O)NCCCn2ccnc2)oc2c1/C(=N/NC(=O)c1ccc(Cl)c([N+](=O)[O-])c1)CCC2. The lowest BCUT2D eigenvalue weighted by Gasteiger charge is -2.13. The second-order valence-corrected chi connectivity index (χ2v) is 8.45. The summed E-state index contributed by atoms with van der Waals surface area (Å²) < 4.78 is 7.80. The van der Waals surface area contributed by atoms with Crippen LogP contribution in [0.5, 0.6) is 0 Å². The number of nitrogens with one attached hydrogen (secondary N) is 2. The number of nitro groups is 1. The van der Waals surface area contributed by atoms with Gasteiger partial charge in [0.25, 0.3) is 17.5 Å². The van der Waals surface area contributed by atoms with E-state index in [4.69, 9.17) is 16.0 Å². The van der Waals surface area contributed by atoms with E-state index in [1.807, 2.05) is 10.8 Å². The number of nitro benzene ring substituents is 1. The summed E-state index contributed by atoms with van der Waals surface area (Å²) in [5.74, 6) is -0.0416. The van der Waals surface area contributed by atoms with Gasteiger partial charge in [0.15, 0.2) is 5.76 Å². The molecule has 2 aromatic heterocycles. The zero-order valence-corrected chi connectivity index (χ0v) is 19.7. The van der Waals surface area contributed by atoms with E-state index < -0.39 is 10.8 Å². The Bertz CT molecular complexity index is 1300. The van der Waals surface area contributed by atoms with Crippen LogP contribution in [0.3, 0.4) is 0 Å². The highest BCUT2D eigenvalue weighted by Crippen LogP contribution is 2.30. The first-order chi connectivity index (χ1) is 16.8. The van der Waals surface area contributed by atoms with Crippen molar-refractivity contribution in [3.05, 3.63) is 80.3 Å². The molecule has 1 aliphatic rings. The van der Waals surface area contributed by atoms with Crippen LogP contribution in [0.25, 0.3) is 0 Å². The first-order valence-corrected chi connectivity index (χ1v) is 11.4. The topological polar surface area (TPSA) is 145 Å². The molecule has 1 aliphatic carbocycles. The number of rotatable bonds is 8. The maximum atomic E-state index is 12.7. The van der Waals surface area contributed by atoms with Crippen LogP contribution in [0.4, 0.5) is 5.69 Å². The quantitative estimate of drug-likeness (QED) is 0.275. The summed E-state index contributed by atoms with van der Waals surface area (Å²) in [5.41, 5.74) is 4.10. The van der Waals surface area contributed by atoms with Crippen LogP contribution < -0.4 is 10.7 Å². The van der Waals surface area contributed by atoms with Gasteiger partial charge in [-0.1, -0.05) is 11.6 Å². The molecule has 0 saturated heterocycles. The number of benzene rings is 1. The summed E-state index contributed by atoms with van der Waals surface area (Å²) in [6.45, 7) is 3.00. The third kappa shape index (κ3) is 5.40. The van der Waals surface area contributed by atoms with E-state index in [-0.39, 0.29) is 27.9 Å². The van der Waals surface area contributed by atoms with Crippen molar-refractivity contribution in [3.8, 4) is 0 Å². The van der Waals surface area contributed by atoms with E-state index in [1.54, 1.807) is 19.4 Å². The standard InChI is InChI=1S/C23H23ClN6O5/c1-14-20-17(27-28-22(31)15-6-7-16(24)18(12-15)30(33)34)4-2-5-19(20)35-21(14)23(32)26-8-3-10-29-11-9-25-13-29/h6-7,9,11-13H,2-5,8,10H2,1H3,(H,26,32)(H,28,31)/b27-17+. The Balaban J connectivity index is 1.44. The molecule has 0 radical (unpaired) electrons. The predicted octanol–water partition coefficient (Wildman–Crippen LogP) is 3.64. The molecule has 2 heterocycles. The van der Waals surface area contributed by atoms with Gasteiger partial charge < -0.3 is 14.3 Å². The van der Waals surface area contributed by atoms with Gasteiger partial charge in [0.1, 0.15) is 10.8 Å². The average Bonchev–Trinajstić information content (AvgIpc) is 3.48. The second kappa shape index (κ2) is 10.5. The Labute approximate surface area is 205 Å². The fourth-order valence-corrected chi connectivity index (χ4v) is 4.12.